The van der Waals surface area contributed by atoms with Gasteiger partial charge in [-0.05, 0) is 48.5 Å². The Kier molecular flexibility index (Phi) is 5.55. The molecular formula is C25H18O7. The van der Waals surface area contributed by atoms with Crippen LogP contribution in [0.2, 0.25) is 0 Å². The zero-order valence-corrected chi connectivity index (χ0v) is 16.6. The molecule has 0 heterocycles. The molecule has 7 nitrogen and oxygen atoms in total. The summed E-state index contributed by atoms with van der Waals surface area (Å²) in [6.07, 6.45) is 0. The molecule has 4 N–H and O–H groups in total. The average Bonchev–Trinajstić information content (AvgIpc) is 2.73. The number of phenolic OH excluding ortho intramolecular Hbond substituents is 4. The quantitative estimate of drug-likeness (QED) is 0.306. The summed E-state index contributed by atoms with van der Waals surface area (Å²) in [5, 5.41) is 38.1. The number of phenols is 4. The van der Waals surface area contributed by atoms with Gasteiger partial charge in [0.2, 0.25) is 0 Å². The van der Waals surface area contributed by atoms with Crippen LogP contribution in [0.15, 0.2) is 84.9 Å². The van der Waals surface area contributed by atoms with Crippen molar-refractivity contribution in [3.63, 3.8) is 0 Å². The second-order valence-electron chi connectivity index (χ2n) is 6.95. The number of ether oxygens (including phenoxy) is 2. The molecule has 0 aliphatic carbocycles. The molecular weight excluding hydrogens is 412 g/mol. The van der Waals surface area contributed by atoms with Crippen molar-refractivity contribution in [1.82, 2.24) is 0 Å². The molecule has 0 aromatic heterocycles. The Hall–Kier alpha value is -4.65. The van der Waals surface area contributed by atoms with Gasteiger partial charge < -0.3 is 29.9 Å². The smallest absolute Gasteiger partial charge is 0.193 e. The van der Waals surface area contributed by atoms with Crippen molar-refractivity contribution < 1.29 is 34.7 Å². The predicted molar refractivity (Wildman–Crippen MR) is 116 cm³/mol. The van der Waals surface area contributed by atoms with Crippen molar-refractivity contribution in [2.75, 3.05) is 0 Å². The summed E-state index contributed by atoms with van der Waals surface area (Å²) in [5.74, 6) is 0.692. The second kappa shape index (κ2) is 8.61. The van der Waals surface area contributed by atoms with Crippen molar-refractivity contribution in [3.05, 3.63) is 96.1 Å². The van der Waals surface area contributed by atoms with E-state index in [2.05, 4.69) is 0 Å². The van der Waals surface area contributed by atoms with E-state index in [9.17, 15) is 25.2 Å². The molecule has 7 heteroatoms. The van der Waals surface area contributed by atoms with Gasteiger partial charge in [-0.1, -0.05) is 0 Å². The van der Waals surface area contributed by atoms with E-state index in [0.29, 0.717) is 22.6 Å². The van der Waals surface area contributed by atoms with E-state index in [-0.39, 0.29) is 40.3 Å². The van der Waals surface area contributed by atoms with E-state index in [4.69, 9.17) is 9.47 Å². The molecule has 0 spiro atoms. The molecule has 0 aliphatic heterocycles. The first-order valence-corrected chi connectivity index (χ1v) is 9.52. The van der Waals surface area contributed by atoms with Crippen LogP contribution >= 0.6 is 0 Å². The predicted octanol–water partition coefficient (Wildman–Crippen LogP) is 5.32. The first-order valence-electron chi connectivity index (χ1n) is 9.52. The van der Waals surface area contributed by atoms with Crippen LogP contribution in [0.4, 0.5) is 0 Å². The summed E-state index contributed by atoms with van der Waals surface area (Å²) in [4.78, 5) is 12.8. The Morgan fingerprint density at radius 2 is 0.781 bits per heavy atom. The van der Waals surface area contributed by atoms with Crippen molar-refractivity contribution in [2.24, 2.45) is 0 Å². The summed E-state index contributed by atoms with van der Waals surface area (Å²) in [6, 6.07) is 20.7. The number of aromatic hydroxyl groups is 4. The summed E-state index contributed by atoms with van der Waals surface area (Å²) >= 11 is 0. The Labute approximate surface area is 183 Å². The van der Waals surface area contributed by atoms with Gasteiger partial charge in [-0.3, -0.25) is 4.79 Å². The number of carbonyl (C=O) groups is 1. The zero-order chi connectivity index (χ0) is 22.7. The number of hydrogen-bond acceptors (Lipinski definition) is 7. The number of hydrogen-bond donors (Lipinski definition) is 4. The van der Waals surface area contributed by atoms with Gasteiger partial charge >= 0.3 is 0 Å². The fraction of sp³-hybridized carbons (Fsp3) is 0. The summed E-state index contributed by atoms with van der Waals surface area (Å²) in [5.41, 5.74) is 0.894. The lowest BCUT2D eigenvalue weighted by atomic mass is 10.0. The largest absolute Gasteiger partial charge is 0.508 e. The molecule has 0 saturated carbocycles. The SMILES string of the molecule is O=C(c1ccc(Oc2cc(O)cc(O)c2)cc1)c1ccc(Oc2cc(O)cc(O)c2)cc1. The van der Waals surface area contributed by atoms with E-state index in [1.807, 2.05) is 0 Å². The normalized spacial score (nSPS) is 10.5. The molecule has 0 atom stereocenters. The Balaban J connectivity index is 1.44. The average molecular weight is 430 g/mol. The van der Waals surface area contributed by atoms with Crippen LogP contribution in [0.5, 0.6) is 46.0 Å². The minimum atomic E-state index is -0.201. The number of rotatable bonds is 6. The van der Waals surface area contributed by atoms with E-state index in [0.717, 1.165) is 0 Å². The fourth-order valence-electron chi connectivity index (χ4n) is 3.04. The second-order valence-corrected chi connectivity index (χ2v) is 6.95. The zero-order valence-electron chi connectivity index (χ0n) is 16.6. The van der Waals surface area contributed by atoms with E-state index < -0.39 is 0 Å². The summed E-state index contributed by atoms with van der Waals surface area (Å²) < 4.78 is 11.2. The standard InChI is InChI=1S/C25H18O7/c26-17-9-18(27)12-23(11-17)31-21-5-1-15(2-6-21)25(30)16-3-7-22(8-4-16)32-24-13-19(28)10-20(29)14-24/h1-14,26-29H. The first kappa shape index (κ1) is 20.6. The Morgan fingerprint density at radius 3 is 1.09 bits per heavy atom. The van der Waals surface area contributed by atoms with Crippen molar-refractivity contribution in [1.29, 1.82) is 0 Å². The molecule has 0 aliphatic rings. The Bertz CT molecular complexity index is 1120. The molecule has 160 valence electrons. The van der Waals surface area contributed by atoms with Gasteiger partial charge in [-0.2, -0.15) is 0 Å². The lowest BCUT2D eigenvalue weighted by Gasteiger charge is -2.09. The number of ketones is 1. The molecule has 0 unspecified atom stereocenters. The minimum Gasteiger partial charge on any atom is -0.508 e. The molecule has 4 rings (SSSR count). The monoisotopic (exact) mass is 430 g/mol. The van der Waals surface area contributed by atoms with Crippen LogP contribution in [0.25, 0.3) is 0 Å². The third-order valence-corrected chi connectivity index (χ3v) is 4.46. The van der Waals surface area contributed by atoms with Crippen molar-refractivity contribution in [2.45, 2.75) is 0 Å². The van der Waals surface area contributed by atoms with E-state index >= 15 is 0 Å². The molecule has 0 fully saturated rings. The minimum absolute atomic E-state index is 0.125. The molecule has 4 aromatic rings. The van der Waals surface area contributed by atoms with E-state index in [1.165, 1.54) is 36.4 Å². The first-order chi connectivity index (χ1) is 15.4. The summed E-state index contributed by atoms with van der Waals surface area (Å²) in [7, 11) is 0. The third-order valence-electron chi connectivity index (χ3n) is 4.46. The third kappa shape index (κ3) is 4.91. The highest BCUT2D eigenvalue weighted by Crippen LogP contribution is 2.31. The number of benzene rings is 4. The van der Waals surface area contributed by atoms with Crippen LogP contribution in [-0.2, 0) is 0 Å². The lowest BCUT2D eigenvalue weighted by molar-refractivity contribution is 0.103. The summed E-state index contributed by atoms with van der Waals surface area (Å²) in [6.45, 7) is 0. The van der Waals surface area contributed by atoms with Crippen LogP contribution in [0.1, 0.15) is 15.9 Å². The van der Waals surface area contributed by atoms with Crippen molar-refractivity contribution in [3.8, 4) is 46.0 Å². The highest BCUT2D eigenvalue weighted by molar-refractivity contribution is 6.09. The van der Waals surface area contributed by atoms with Crippen LogP contribution in [0, 0.1) is 0 Å². The van der Waals surface area contributed by atoms with Crippen LogP contribution in [0.3, 0.4) is 0 Å². The van der Waals surface area contributed by atoms with Gasteiger partial charge in [0.05, 0.1) is 0 Å². The highest BCUT2D eigenvalue weighted by atomic mass is 16.5. The molecule has 4 aromatic carbocycles. The molecule has 0 bridgehead atoms. The molecule has 32 heavy (non-hydrogen) atoms. The van der Waals surface area contributed by atoms with Gasteiger partial charge in [0.1, 0.15) is 46.0 Å². The van der Waals surface area contributed by atoms with Crippen LogP contribution < -0.4 is 9.47 Å². The maximum atomic E-state index is 12.8. The number of carbonyl (C=O) groups excluding carboxylic acids is 1. The van der Waals surface area contributed by atoms with Gasteiger partial charge in [0, 0.05) is 47.5 Å². The van der Waals surface area contributed by atoms with Gasteiger partial charge in [0.15, 0.2) is 5.78 Å². The Morgan fingerprint density at radius 1 is 0.469 bits per heavy atom. The van der Waals surface area contributed by atoms with E-state index in [1.54, 1.807) is 48.5 Å². The van der Waals surface area contributed by atoms with Gasteiger partial charge in [-0.25, -0.2) is 0 Å². The molecule has 0 saturated heterocycles. The topological polar surface area (TPSA) is 116 Å². The lowest BCUT2D eigenvalue weighted by Crippen LogP contribution is -2.01. The van der Waals surface area contributed by atoms with Gasteiger partial charge in [0.25, 0.3) is 0 Å². The molecule has 0 radical (unpaired) electrons. The van der Waals surface area contributed by atoms with Gasteiger partial charge in [-0.15, -0.1) is 0 Å². The fourth-order valence-corrected chi connectivity index (χ4v) is 3.04. The maximum Gasteiger partial charge on any atom is 0.193 e. The van der Waals surface area contributed by atoms with Crippen LogP contribution in [-0.4, -0.2) is 26.2 Å². The maximum absolute atomic E-state index is 12.8. The molecule has 0 amide bonds. The van der Waals surface area contributed by atoms with Crippen molar-refractivity contribution >= 4 is 5.78 Å². The highest BCUT2D eigenvalue weighted by Gasteiger charge is 2.11.